The summed E-state index contributed by atoms with van der Waals surface area (Å²) in [6.45, 7) is 3.17. The molecule has 2 heterocycles. The number of hydrogen-bond donors (Lipinski definition) is 2. The van der Waals surface area contributed by atoms with E-state index in [-0.39, 0.29) is 24.6 Å². The van der Waals surface area contributed by atoms with Gasteiger partial charge in [0.1, 0.15) is 12.4 Å². The summed E-state index contributed by atoms with van der Waals surface area (Å²) in [5.74, 6) is 2.34. The van der Waals surface area contributed by atoms with E-state index in [1.54, 1.807) is 18.9 Å². The topological polar surface area (TPSA) is 114 Å². The van der Waals surface area contributed by atoms with Crippen LogP contribution in [0.15, 0.2) is 18.2 Å². The Morgan fingerprint density at radius 1 is 1.38 bits per heavy atom. The maximum Gasteiger partial charge on any atom is 0.241 e. The highest BCUT2D eigenvalue weighted by molar-refractivity contribution is 5.75. The number of nitrogens with two attached hydrogens (primary N) is 1. The predicted octanol–water partition coefficient (Wildman–Crippen LogP) is 1.20. The fourth-order valence-corrected chi connectivity index (χ4v) is 3.33. The van der Waals surface area contributed by atoms with E-state index in [0.717, 1.165) is 25.0 Å². The van der Waals surface area contributed by atoms with E-state index in [1.807, 2.05) is 25.1 Å². The number of carbonyl (C=O) groups is 1. The lowest BCUT2D eigenvalue weighted by Gasteiger charge is -2.12. The number of nitrogens with one attached hydrogen (secondary N) is 1. The van der Waals surface area contributed by atoms with Crippen LogP contribution in [-0.2, 0) is 22.5 Å². The number of ether oxygens (including phenoxy) is 3. The molecule has 0 radical (unpaired) electrons. The second kappa shape index (κ2) is 9.71. The molecule has 1 fully saturated rings. The van der Waals surface area contributed by atoms with Crippen molar-refractivity contribution in [2.75, 3.05) is 27.4 Å². The van der Waals surface area contributed by atoms with Crippen molar-refractivity contribution in [3.8, 4) is 11.5 Å². The van der Waals surface area contributed by atoms with Gasteiger partial charge in [-0.1, -0.05) is 6.07 Å². The van der Waals surface area contributed by atoms with Gasteiger partial charge in [0.25, 0.3) is 0 Å². The van der Waals surface area contributed by atoms with Crippen molar-refractivity contribution in [1.82, 2.24) is 20.1 Å². The lowest BCUT2D eigenvalue weighted by atomic mass is 10.1. The van der Waals surface area contributed by atoms with Crippen LogP contribution in [0.5, 0.6) is 11.5 Å². The van der Waals surface area contributed by atoms with Gasteiger partial charge in [-0.15, -0.1) is 0 Å². The Labute approximate surface area is 170 Å². The molecule has 9 nitrogen and oxygen atoms in total. The van der Waals surface area contributed by atoms with Crippen LogP contribution in [-0.4, -0.2) is 54.1 Å². The fraction of sp³-hybridized carbons (Fsp3) is 0.550. The van der Waals surface area contributed by atoms with Crippen molar-refractivity contribution in [2.45, 2.75) is 44.9 Å². The monoisotopic (exact) mass is 403 g/mol. The molecule has 2 aromatic rings. The molecule has 0 spiro atoms. The van der Waals surface area contributed by atoms with Gasteiger partial charge in [0.2, 0.25) is 5.91 Å². The molecule has 3 N–H and O–H groups in total. The average molecular weight is 403 g/mol. The molecular weight excluding hydrogens is 374 g/mol. The summed E-state index contributed by atoms with van der Waals surface area (Å²) in [4.78, 5) is 16.9. The number of nitrogens with zero attached hydrogens (tertiary/aromatic N) is 3. The van der Waals surface area contributed by atoms with Crippen LogP contribution in [0.25, 0.3) is 0 Å². The normalized spacial score (nSPS) is 17.2. The molecule has 3 rings (SSSR count). The maximum absolute atomic E-state index is 12.3. The number of methoxy groups -OCH3 is 2. The molecule has 0 unspecified atom stereocenters. The van der Waals surface area contributed by atoms with Gasteiger partial charge in [-0.2, -0.15) is 5.10 Å². The van der Waals surface area contributed by atoms with Crippen LogP contribution in [0.1, 0.15) is 43.0 Å². The van der Waals surface area contributed by atoms with E-state index in [9.17, 15) is 4.79 Å². The lowest BCUT2D eigenvalue weighted by molar-refractivity contribution is -0.122. The van der Waals surface area contributed by atoms with E-state index in [1.165, 1.54) is 0 Å². The molecule has 0 saturated carbocycles. The highest BCUT2D eigenvalue weighted by atomic mass is 16.5. The minimum absolute atomic E-state index is 0.0720. The summed E-state index contributed by atoms with van der Waals surface area (Å²) in [5.41, 5.74) is 7.01. The molecular formula is C20H29N5O4. The van der Waals surface area contributed by atoms with Crippen LogP contribution in [0, 0.1) is 0 Å². The highest BCUT2D eigenvalue weighted by Crippen LogP contribution is 2.28. The number of benzene rings is 1. The first-order chi connectivity index (χ1) is 14.0. The van der Waals surface area contributed by atoms with Crippen molar-refractivity contribution in [3.05, 3.63) is 35.4 Å². The van der Waals surface area contributed by atoms with Gasteiger partial charge in [-0.25, -0.2) is 9.67 Å². The van der Waals surface area contributed by atoms with Crippen LogP contribution in [0.3, 0.4) is 0 Å². The van der Waals surface area contributed by atoms with E-state index in [4.69, 9.17) is 19.9 Å². The summed E-state index contributed by atoms with van der Waals surface area (Å²) in [6, 6.07) is 5.32. The Balaban J connectivity index is 1.68. The minimum atomic E-state index is -0.340. The standard InChI is InChI=1S/C20H29N5O4/c1-13(21)20-23-18(10-14-6-7-16(27-2)17(9-14)28-3)24-25(20)12-19(26)22-11-15-5-4-8-29-15/h6-7,9,13,15H,4-5,8,10-12,21H2,1-3H3,(H,22,26)/t13-,15+/m1/s1. The number of carbonyl (C=O) groups excluding carboxylic acids is 1. The molecule has 0 aliphatic carbocycles. The van der Waals surface area contributed by atoms with Crippen molar-refractivity contribution in [1.29, 1.82) is 0 Å². The van der Waals surface area contributed by atoms with Gasteiger partial charge < -0.3 is 25.3 Å². The smallest absolute Gasteiger partial charge is 0.241 e. The molecule has 1 amide bonds. The zero-order chi connectivity index (χ0) is 20.8. The SMILES string of the molecule is COc1ccc(Cc2nc([C@@H](C)N)n(CC(=O)NC[C@@H]3CCCO3)n2)cc1OC. The van der Waals surface area contributed by atoms with Crippen LogP contribution >= 0.6 is 0 Å². The summed E-state index contributed by atoms with van der Waals surface area (Å²) in [7, 11) is 3.19. The second-order valence-corrected chi connectivity index (χ2v) is 7.14. The zero-order valence-corrected chi connectivity index (χ0v) is 17.2. The van der Waals surface area contributed by atoms with E-state index in [2.05, 4.69) is 15.4 Å². The Hall–Kier alpha value is -2.65. The number of hydrogen-bond acceptors (Lipinski definition) is 7. The third kappa shape index (κ3) is 5.45. The highest BCUT2D eigenvalue weighted by Gasteiger charge is 2.19. The van der Waals surface area contributed by atoms with Crippen molar-refractivity contribution < 1.29 is 19.0 Å². The Bertz CT molecular complexity index is 830. The molecule has 1 aliphatic rings. The quantitative estimate of drug-likeness (QED) is 0.647. The van der Waals surface area contributed by atoms with E-state index in [0.29, 0.717) is 36.1 Å². The van der Waals surface area contributed by atoms with Gasteiger partial charge in [0.05, 0.1) is 26.4 Å². The predicted molar refractivity (Wildman–Crippen MR) is 107 cm³/mol. The molecule has 9 heteroatoms. The Kier molecular flexibility index (Phi) is 7.05. The van der Waals surface area contributed by atoms with Gasteiger partial charge in [0.15, 0.2) is 17.3 Å². The van der Waals surface area contributed by atoms with Crippen LogP contribution < -0.4 is 20.5 Å². The first-order valence-electron chi connectivity index (χ1n) is 9.78. The van der Waals surface area contributed by atoms with Crippen LogP contribution in [0.2, 0.25) is 0 Å². The molecule has 1 aromatic heterocycles. The first-order valence-corrected chi connectivity index (χ1v) is 9.78. The van der Waals surface area contributed by atoms with Gasteiger partial charge in [-0.3, -0.25) is 4.79 Å². The molecule has 29 heavy (non-hydrogen) atoms. The van der Waals surface area contributed by atoms with Gasteiger partial charge in [-0.05, 0) is 37.5 Å². The Morgan fingerprint density at radius 2 is 2.17 bits per heavy atom. The molecule has 0 bridgehead atoms. The zero-order valence-electron chi connectivity index (χ0n) is 17.2. The molecule has 1 aliphatic heterocycles. The van der Waals surface area contributed by atoms with Crippen molar-refractivity contribution in [2.24, 2.45) is 5.73 Å². The lowest BCUT2D eigenvalue weighted by Crippen LogP contribution is -2.35. The minimum Gasteiger partial charge on any atom is -0.493 e. The summed E-state index contributed by atoms with van der Waals surface area (Å²) < 4.78 is 17.7. The van der Waals surface area contributed by atoms with Gasteiger partial charge >= 0.3 is 0 Å². The first kappa shape index (κ1) is 21.1. The fourth-order valence-electron chi connectivity index (χ4n) is 3.33. The summed E-state index contributed by atoms with van der Waals surface area (Å²) in [6.07, 6.45) is 2.61. The third-order valence-electron chi connectivity index (χ3n) is 4.81. The maximum atomic E-state index is 12.3. The summed E-state index contributed by atoms with van der Waals surface area (Å²) >= 11 is 0. The number of aromatic nitrogens is 3. The largest absolute Gasteiger partial charge is 0.493 e. The molecule has 158 valence electrons. The van der Waals surface area contributed by atoms with E-state index < -0.39 is 0 Å². The van der Waals surface area contributed by atoms with Crippen LogP contribution in [0.4, 0.5) is 0 Å². The second-order valence-electron chi connectivity index (χ2n) is 7.14. The molecule has 2 atom stereocenters. The van der Waals surface area contributed by atoms with E-state index >= 15 is 0 Å². The van der Waals surface area contributed by atoms with Crippen molar-refractivity contribution in [3.63, 3.8) is 0 Å². The number of amides is 1. The third-order valence-corrected chi connectivity index (χ3v) is 4.81. The van der Waals surface area contributed by atoms with Crippen molar-refractivity contribution >= 4 is 5.91 Å². The Morgan fingerprint density at radius 3 is 2.83 bits per heavy atom. The average Bonchev–Trinajstić information content (AvgIpc) is 3.36. The molecule has 1 aromatic carbocycles. The van der Waals surface area contributed by atoms with Gasteiger partial charge in [0, 0.05) is 19.6 Å². The molecule has 1 saturated heterocycles. The number of rotatable bonds is 9. The summed E-state index contributed by atoms with van der Waals surface area (Å²) in [5, 5.41) is 7.41.